The summed E-state index contributed by atoms with van der Waals surface area (Å²) in [4.78, 5) is 41.6. The van der Waals surface area contributed by atoms with E-state index in [-0.39, 0.29) is 24.1 Å². The standard InChI is InChI=1S/C15H18N6O9/c1-19-9(16-4-10(19)21(27)28)6-29-15(26)18-8-2-3-20(14(25)17-8)13-12(24)11(23)7(5-22)30-13/h2-4,7,11-13,22-24H,5-6H2,1H3,(H,17,18,25,26)/t7-,11-,12+,13-/m1/s1. The van der Waals surface area contributed by atoms with Crippen LogP contribution in [-0.4, -0.2) is 70.4 Å². The largest absolute Gasteiger partial charge is 0.439 e. The van der Waals surface area contributed by atoms with Gasteiger partial charge in [0, 0.05) is 6.20 Å². The van der Waals surface area contributed by atoms with Crippen molar-refractivity contribution in [2.45, 2.75) is 31.1 Å². The molecule has 2 aromatic rings. The van der Waals surface area contributed by atoms with E-state index in [1.165, 1.54) is 19.3 Å². The molecule has 4 atom stereocenters. The molecule has 15 heteroatoms. The zero-order valence-electron chi connectivity index (χ0n) is 15.5. The highest BCUT2D eigenvalue weighted by molar-refractivity contribution is 5.83. The van der Waals surface area contributed by atoms with Gasteiger partial charge in [-0.1, -0.05) is 0 Å². The first-order valence-corrected chi connectivity index (χ1v) is 8.53. The maximum absolute atomic E-state index is 12.2. The minimum atomic E-state index is -1.47. The number of ether oxygens (including phenoxy) is 2. The normalized spacial score (nSPS) is 23.3. The molecule has 15 nitrogen and oxygen atoms in total. The first-order chi connectivity index (χ1) is 14.2. The van der Waals surface area contributed by atoms with Gasteiger partial charge >= 0.3 is 17.6 Å². The first-order valence-electron chi connectivity index (χ1n) is 8.53. The number of nitro groups is 1. The van der Waals surface area contributed by atoms with Gasteiger partial charge in [-0.15, -0.1) is 0 Å². The lowest BCUT2D eigenvalue weighted by Gasteiger charge is -2.17. The van der Waals surface area contributed by atoms with Crippen LogP contribution in [0.4, 0.5) is 16.4 Å². The van der Waals surface area contributed by atoms with Gasteiger partial charge in [0.15, 0.2) is 12.8 Å². The topological polar surface area (TPSA) is 204 Å². The number of nitrogens with zero attached hydrogens (tertiary/aromatic N) is 5. The van der Waals surface area contributed by atoms with Crippen LogP contribution in [0.2, 0.25) is 0 Å². The smallest absolute Gasteiger partial charge is 0.413 e. The number of rotatable bonds is 6. The Kier molecular flexibility index (Phi) is 6.06. The van der Waals surface area contributed by atoms with Crippen LogP contribution in [0.3, 0.4) is 0 Å². The van der Waals surface area contributed by atoms with Crippen LogP contribution in [0.5, 0.6) is 0 Å². The number of amides is 1. The van der Waals surface area contributed by atoms with Gasteiger partial charge in [0.25, 0.3) is 0 Å². The second-order valence-corrected chi connectivity index (χ2v) is 6.28. The molecule has 1 saturated heterocycles. The molecule has 3 rings (SSSR count). The molecule has 1 aliphatic heterocycles. The van der Waals surface area contributed by atoms with Crippen molar-refractivity contribution >= 4 is 17.7 Å². The van der Waals surface area contributed by atoms with Crippen LogP contribution in [-0.2, 0) is 23.1 Å². The Morgan fingerprint density at radius 3 is 2.73 bits per heavy atom. The number of aliphatic hydroxyl groups is 3. The summed E-state index contributed by atoms with van der Waals surface area (Å²) in [6, 6.07) is 1.23. The fourth-order valence-electron chi connectivity index (χ4n) is 2.80. The summed E-state index contributed by atoms with van der Waals surface area (Å²) in [6.45, 7) is -0.919. The molecule has 4 N–H and O–H groups in total. The molecule has 1 fully saturated rings. The molecular weight excluding hydrogens is 408 g/mol. The van der Waals surface area contributed by atoms with E-state index < -0.39 is 47.9 Å². The fraction of sp³-hybridized carbons (Fsp3) is 0.467. The predicted octanol–water partition coefficient (Wildman–Crippen LogP) is -1.75. The van der Waals surface area contributed by atoms with E-state index in [2.05, 4.69) is 15.3 Å². The molecule has 0 bridgehead atoms. The van der Waals surface area contributed by atoms with Gasteiger partial charge in [0.05, 0.1) is 13.7 Å². The Bertz CT molecular complexity index is 1000. The summed E-state index contributed by atoms with van der Waals surface area (Å²) in [5.41, 5.74) is -0.901. The fourth-order valence-corrected chi connectivity index (χ4v) is 2.80. The number of carbonyl (C=O) groups is 1. The van der Waals surface area contributed by atoms with Crippen LogP contribution in [0.1, 0.15) is 12.1 Å². The summed E-state index contributed by atoms with van der Waals surface area (Å²) in [5, 5.41) is 41.8. The third-order valence-corrected chi connectivity index (χ3v) is 4.43. The van der Waals surface area contributed by atoms with Crippen molar-refractivity contribution in [3.63, 3.8) is 0 Å². The monoisotopic (exact) mass is 426 g/mol. The quantitative estimate of drug-likeness (QED) is 0.301. The Balaban J connectivity index is 1.62. The molecule has 3 heterocycles. The minimum absolute atomic E-state index is 0.129. The second-order valence-electron chi connectivity index (χ2n) is 6.28. The molecule has 0 aliphatic carbocycles. The van der Waals surface area contributed by atoms with Crippen LogP contribution < -0.4 is 11.0 Å². The Hall–Kier alpha value is -3.40. The Morgan fingerprint density at radius 1 is 1.43 bits per heavy atom. The number of aromatic nitrogens is 4. The van der Waals surface area contributed by atoms with E-state index in [1.807, 2.05) is 0 Å². The average Bonchev–Trinajstić information content (AvgIpc) is 3.20. The summed E-state index contributed by atoms with van der Waals surface area (Å²) in [6.07, 6.45) is -3.97. The molecule has 1 aliphatic rings. The van der Waals surface area contributed by atoms with Gasteiger partial charge in [0.2, 0.25) is 5.82 Å². The maximum Gasteiger partial charge on any atom is 0.413 e. The first kappa shape index (κ1) is 21.3. The van der Waals surface area contributed by atoms with Crippen LogP contribution >= 0.6 is 0 Å². The van der Waals surface area contributed by atoms with Crippen molar-refractivity contribution in [2.24, 2.45) is 7.05 Å². The minimum Gasteiger partial charge on any atom is -0.439 e. The van der Waals surface area contributed by atoms with Crippen molar-refractivity contribution in [1.82, 2.24) is 19.1 Å². The van der Waals surface area contributed by atoms with Gasteiger partial charge < -0.3 is 34.9 Å². The van der Waals surface area contributed by atoms with Crippen molar-refractivity contribution in [1.29, 1.82) is 0 Å². The molecule has 0 spiro atoms. The van der Waals surface area contributed by atoms with E-state index >= 15 is 0 Å². The van der Waals surface area contributed by atoms with Gasteiger partial charge in [-0.2, -0.15) is 4.98 Å². The number of carbonyl (C=O) groups excluding carboxylic acids is 1. The van der Waals surface area contributed by atoms with Crippen molar-refractivity contribution in [3.05, 3.63) is 44.9 Å². The molecule has 0 radical (unpaired) electrons. The van der Waals surface area contributed by atoms with E-state index in [9.17, 15) is 29.9 Å². The van der Waals surface area contributed by atoms with Gasteiger partial charge in [0.1, 0.15) is 30.3 Å². The van der Waals surface area contributed by atoms with E-state index in [0.29, 0.717) is 0 Å². The van der Waals surface area contributed by atoms with E-state index in [1.54, 1.807) is 0 Å². The summed E-state index contributed by atoms with van der Waals surface area (Å²) >= 11 is 0. The lowest BCUT2D eigenvalue weighted by atomic mass is 10.1. The van der Waals surface area contributed by atoms with Crippen LogP contribution in [0, 0.1) is 10.1 Å². The average molecular weight is 426 g/mol. The zero-order chi connectivity index (χ0) is 22.0. The van der Waals surface area contributed by atoms with Gasteiger partial charge in [-0.3, -0.25) is 9.88 Å². The summed E-state index contributed by atoms with van der Waals surface area (Å²) < 4.78 is 12.2. The Labute approximate surface area is 167 Å². The molecule has 0 aromatic carbocycles. The highest BCUT2D eigenvalue weighted by Gasteiger charge is 2.43. The molecule has 162 valence electrons. The van der Waals surface area contributed by atoms with Gasteiger partial charge in [-0.25, -0.2) is 19.1 Å². The van der Waals surface area contributed by atoms with Crippen molar-refractivity contribution in [3.8, 4) is 0 Å². The number of hydrogen-bond acceptors (Lipinski definition) is 11. The molecule has 2 aromatic heterocycles. The number of anilines is 1. The zero-order valence-corrected chi connectivity index (χ0v) is 15.5. The SMILES string of the molecule is Cn1c([N+](=O)[O-])cnc1COC(=O)Nc1ccn([C@@H]2O[C@H](CO)[C@@H](O)[C@@H]2O)c(=O)n1. The lowest BCUT2D eigenvalue weighted by Crippen LogP contribution is -2.36. The molecule has 1 amide bonds. The van der Waals surface area contributed by atoms with Crippen molar-refractivity contribution < 1.29 is 34.5 Å². The van der Waals surface area contributed by atoms with E-state index in [4.69, 9.17) is 14.6 Å². The highest BCUT2D eigenvalue weighted by atomic mass is 16.6. The molecule has 0 saturated carbocycles. The van der Waals surface area contributed by atoms with Crippen molar-refractivity contribution in [2.75, 3.05) is 11.9 Å². The van der Waals surface area contributed by atoms with Crippen LogP contribution in [0.15, 0.2) is 23.3 Å². The number of imidazole rings is 1. The third kappa shape index (κ3) is 4.13. The Morgan fingerprint density at radius 2 is 2.17 bits per heavy atom. The second kappa shape index (κ2) is 8.54. The molecule has 30 heavy (non-hydrogen) atoms. The van der Waals surface area contributed by atoms with Crippen LogP contribution in [0.25, 0.3) is 0 Å². The number of nitrogens with one attached hydrogen (secondary N) is 1. The number of aliphatic hydroxyl groups excluding tert-OH is 3. The van der Waals surface area contributed by atoms with Gasteiger partial charge in [-0.05, 0) is 11.0 Å². The summed E-state index contributed by atoms with van der Waals surface area (Å²) in [5.74, 6) is -0.312. The molecule has 0 unspecified atom stereocenters. The molecular formula is C15H18N6O9. The van der Waals surface area contributed by atoms with E-state index in [0.717, 1.165) is 15.3 Å². The summed E-state index contributed by atoms with van der Waals surface area (Å²) in [7, 11) is 1.39. The lowest BCUT2D eigenvalue weighted by molar-refractivity contribution is -0.391. The highest BCUT2D eigenvalue weighted by Crippen LogP contribution is 2.28. The number of hydrogen-bond donors (Lipinski definition) is 4. The third-order valence-electron chi connectivity index (χ3n) is 4.43. The predicted molar refractivity (Wildman–Crippen MR) is 95.2 cm³/mol. The maximum atomic E-state index is 12.2.